The maximum atomic E-state index is 11.6. The van der Waals surface area contributed by atoms with E-state index in [1.54, 1.807) is 14.1 Å². The lowest BCUT2D eigenvalue weighted by Gasteiger charge is -2.24. The van der Waals surface area contributed by atoms with E-state index >= 15 is 0 Å². The summed E-state index contributed by atoms with van der Waals surface area (Å²) in [6, 6.07) is -0.116. The highest BCUT2D eigenvalue weighted by Crippen LogP contribution is 2.16. The number of rotatable bonds is 2. The molecule has 2 fully saturated rings. The molecule has 2 aliphatic rings. The smallest absolute Gasteiger partial charge is 0.410 e. The summed E-state index contributed by atoms with van der Waals surface area (Å²) >= 11 is 0. The van der Waals surface area contributed by atoms with Crippen molar-refractivity contribution in [1.82, 2.24) is 20.4 Å². The van der Waals surface area contributed by atoms with Gasteiger partial charge in [-0.25, -0.2) is 9.59 Å². The van der Waals surface area contributed by atoms with Crippen molar-refractivity contribution in [3.63, 3.8) is 0 Å². The van der Waals surface area contributed by atoms with E-state index in [1.165, 1.54) is 9.80 Å². The topological polar surface area (TPSA) is 124 Å². The van der Waals surface area contributed by atoms with Crippen LogP contribution in [-0.4, -0.2) is 108 Å². The molecule has 4 N–H and O–H groups in total. The van der Waals surface area contributed by atoms with Crippen LogP contribution in [0.3, 0.4) is 0 Å². The molecule has 30 heavy (non-hydrogen) atoms. The first-order valence-electron chi connectivity index (χ1n) is 10.3. The summed E-state index contributed by atoms with van der Waals surface area (Å²) in [5.74, 6) is 0. The Bertz CT molecular complexity index is 525. The van der Waals surface area contributed by atoms with Crippen LogP contribution in [0.15, 0.2) is 0 Å². The normalized spacial score (nSPS) is 26.9. The predicted octanol–water partition coefficient (Wildman–Crippen LogP) is 0.372. The van der Waals surface area contributed by atoms with E-state index < -0.39 is 23.4 Å². The molecule has 0 bridgehead atoms. The van der Waals surface area contributed by atoms with Gasteiger partial charge in [0, 0.05) is 13.1 Å². The largest absolute Gasteiger partial charge is 0.444 e. The standard InChI is InChI=1S/2C10H20N2O3/c2*1-10(2,3)15-9(14)12-5-7(11-4)8(13)6-12/h2*7-8,11,13H,5-6H2,1-4H3/t2*7-,8+/m10/s1. The minimum atomic E-state index is -0.512. The van der Waals surface area contributed by atoms with Gasteiger partial charge in [-0.2, -0.15) is 0 Å². The third-order valence-electron chi connectivity index (χ3n) is 4.62. The lowest BCUT2D eigenvalue weighted by Crippen LogP contribution is -2.38. The van der Waals surface area contributed by atoms with E-state index in [-0.39, 0.29) is 24.3 Å². The number of nitrogens with zero attached hydrogens (tertiary/aromatic N) is 2. The average Bonchev–Trinajstić information content (AvgIpc) is 3.15. The Morgan fingerprint density at radius 3 is 1.23 bits per heavy atom. The Hall–Kier alpha value is -1.62. The van der Waals surface area contributed by atoms with Crippen molar-refractivity contribution >= 4 is 12.2 Å². The van der Waals surface area contributed by atoms with Crippen molar-refractivity contribution in [2.24, 2.45) is 0 Å². The van der Waals surface area contributed by atoms with Crippen LogP contribution < -0.4 is 10.6 Å². The number of carbonyl (C=O) groups excluding carboxylic acids is 2. The number of aliphatic hydroxyl groups is 2. The number of hydrogen-bond donors (Lipinski definition) is 4. The molecule has 2 heterocycles. The van der Waals surface area contributed by atoms with Gasteiger partial charge < -0.3 is 40.1 Å². The lowest BCUT2D eigenvalue weighted by molar-refractivity contribution is 0.0261. The van der Waals surface area contributed by atoms with Gasteiger partial charge >= 0.3 is 12.2 Å². The highest BCUT2D eigenvalue weighted by Gasteiger charge is 2.36. The number of aliphatic hydroxyl groups excluding tert-OH is 2. The van der Waals surface area contributed by atoms with Crippen LogP contribution in [0.25, 0.3) is 0 Å². The summed E-state index contributed by atoms with van der Waals surface area (Å²) in [6.07, 6.45) is -1.75. The molecule has 10 heteroatoms. The molecule has 176 valence electrons. The maximum absolute atomic E-state index is 11.6. The van der Waals surface area contributed by atoms with Crippen molar-refractivity contribution in [2.45, 2.75) is 77.0 Å². The van der Waals surface area contributed by atoms with Crippen LogP contribution in [-0.2, 0) is 9.47 Å². The minimum Gasteiger partial charge on any atom is -0.444 e. The summed E-state index contributed by atoms with van der Waals surface area (Å²) in [5, 5.41) is 25.1. The molecule has 0 saturated carbocycles. The van der Waals surface area contributed by atoms with Crippen LogP contribution in [0.2, 0.25) is 0 Å². The number of likely N-dealkylation sites (tertiary alicyclic amines) is 2. The zero-order chi connectivity index (χ0) is 23.3. The molecule has 0 aromatic heterocycles. The predicted molar refractivity (Wildman–Crippen MR) is 113 cm³/mol. The van der Waals surface area contributed by atoms with Crippen molar-refractivity contribution in [3.8, 4) is 0 Å². The molecule has 2 saturated heterocycles. The van der Waals surface area contributed by atoms with Gasteiger partial charge in [-0.3, -0.25) is 0 Å². The van der Waals surface area contributed by atoms with Crippen LogP contribution in [0, 0.1) is 0 Å². The van der Waals surface area contributed by atoms with Crippen LogP contribution in [0.1, 0.15) is 41.5 Å². The monoisotopic (exact) mass is 432 g/mol. The number of nitrogens with one attached hydrogen (secondary N) is 2. The first-order valence-corrected chi connectivity index (χ1v) is 10.3. The van der Waals surface area contributed by atoms with Gasteiger partial charge in [0.2, 0.25) is 0 Å². The van der Waals surface area contributed by atoms with E-state index in [2.05, 4.69) is 10.6 Å². The summed E-state index contributed by atoms with van der Waals surface area (Å²) in [6.45, 7) is 12.6. The van der Waals surface area contributed by atoms with Gasteiger partial charge in [0.1, 0.15) is 11.2 Å². The fourth-order valence-electron chi connectivity index (χ4n) is 3.09. The molecule has 4 atom stereocenters. The van der Waals surface area contributed by atoms with Crippen molar-refractivity contribution in [2.75, 3.05) is 40.3 Å². The summed E-state index contributed by atoms with van der Waals surface area (Å²) < 4.78 is 10.4. The Labute approximate surface area is 179 Å². The number of β-amino-alcohol motifs (C(OH)–C–C–N with tert-alkyl or cyclic N) is 2. The van der Waals surface area contributed by atoms with Crippen molar-refractivity contribution < 1.29 is 29.3 Å². The number of hydrogen-bond acceptors (Lipinski definition) is 8. The molecule has 0 aromatic carbocycles. The van der Waals surface area contributed by atoms with Crippen molar-refractivity contribution in [1.29, 1.82) is 0 Å². The molecule has 0 radical (unpaired) electrons. The van der Waals surface area contributed by atoms with Crippen LogP contribution >= 0.6 is 0 Å². The molecule has 2 aliphatic heterocycles. The molecule has 2 amide bonds. The van der Waals surface area contributed by atoms with Crippen LogP contribution in [0.4, 0.5) is 9.59 Å². The summed E-state index contributed by atoms with van der Waals surface area (Å²) in [5.41, 5.74) is -0.973. The molecular formula is C20H40N4O6. The van der Waals surface area contributed by atoms with Gasteiger partial charge in [-0.15, -0.1) is 0 Å². The van der Waals surface area contributed by atoms with Crippen LogP contribution in [0.5, 0.6) is 0 Å². The summed E-state index contributed by atoms with van der Waals surface area (Å²) in [4.78, 5) is 26.3. The van der Waals surface area contributed by atoms with Gasteiger partial charge in [0.05, 0.1) is 37.4 Å². The Morgan fingerprint density at radius 2 is 1.03 bits per heavy atom. The third kappa shape index (κ3) is 8.63. The van der Waals surface area contributed by atoms with Gasteiger partial charge in [0.15, 0.2) is 0 Å². The fraction of sp³-hybridized carbons (Fsp3) is 0.900. The molecule has 2 rings (SSSR count). The molecule has 0 aromatic rings. The van der Waals surface area contributed by atoms with E-state index in [9.17, 15) is 19.8 Å². The molecule has 0 unspecified atom stereocenters. The quantitative estimate of drug-likeness (QED) is 0.494. The van der Waals surface area contributed by atoms with E-state index in [0.717, 1.165) is 0 Å². The average molecular weight is 433 g/mol. The molecular weight excluding hydrogens is 392 g/mol. The Morgan fingerprint density at radius 1 is 0.733 bits per heavy atom. The van der Waals surface area contributed by atoms with Gasteiger partial charge in [-0.05, 0) is 55.6 Å². The first-order chi connectivity index (χ1) is 13.7. The van der Waals surface area contributed by atoms with Gasteiger partial charge in [0.25, 0.3) is 0 Å². The fourth-order valence-corrected chi connectivity index (χ4v) is 3.09. The minimum absolute atomic E-state index is 0.0579. The first kappa shape index (κ1) is 26.4. The van der Waals surface area contributed by atoms with E-state index in [4.69, 9.17) is 9.47 Å². The Kier molecular flexibility index (Phi) is 9.34. The lowest BCUT2D eigenvalue weighted by atomic mass is 10.2. The van der Waals surface area contributed by atoms with Crippen molar-refractivity contribution in [3.05, 3.63) is 0 Å². The number of likely N-dealkylation sites (N-methyl/N-ethyl adjacent to an activating group) is 2. The van der Waals surface area contributed by atoms with E-state index in [1.807, 2.05) is 41.5 Å². The maximum Gasteiger partial charge on any atom is 0.410 e. The SMILES string of the molecule is CN[C@@H]1CN(C(=O)OC(C)(C)C)C[C@@H]1O.CN[C@H]1CN(C(=O)OC(C)(C)C)C[C@H]1O. The van der Waals surface area contributed by atoms with E-state index in [0.29, 0.717) is 26.2 Å². The summed E-state index contributed by atoms with van der Waals surface area (Å²) in [7, 11) is 3.54. The highest BCUT2D eigenvalue weighted by molar-refractivity contribution is 5.69. The second-order valence-corrected chi connectivity index (χ2v) is 9.70. The molecule has 0 spiro atoms. The third-order valence-corrected chi connectivity index (χ3v) is 4.62. The second kappa shape index (κ2) is 10.6. The number of ether oxygens (including phenoxy) is 2. The molecule has 10 nitrogen and oxygen atoms in total. The molecule has 0 aliphatic carbocycles. The zero-order valence-corrected chi connectivity index (χ0v) is 19.6. The van der Waals surface area contributed by atoms with Gasteiger partial charge in [-0.1, -0.05) is 0 Å². The number of amides is 2. The zero-order valence-electron chi connectivity index (χ0n) is 19.6. The highest BCUT2D eigenvalue weighted by atomic mass is 16.6. The number of carbonyl (C=O) groups is 2. The second-order valence-electron chi connectivity index (χ2n) is 9.70. The Balaban J connectivity index is 0.000000300.